The molecule has 3 aromatic carbocycles. The van der Waals surface area contributed by atoms with Crippen molar-refractivity contribution in [3.05, 3.63) is 101 Å². The van der Waals surface area contributed by atoms with Gasteiger partial charge in [-0.05, 0) is 11.1 Å². The quantitative estimate of drug-likeness (QED) is 0.590. The highest BCUT2D eigenvalue weighted by Crippen LogP contribution is 2.24. The summed E-state index contributed by atoms with van der Waals surface area (Å²) in [6.07, 6.45) is 0. The zero-order valence-electron chi connectivity index (χ0n) is 13.5. The van der Waals surface area contributed by atoms with Gasteiger partial charge in [-0.2, -0.15) is 0 Å². The molecule has 4 rings (SSSR count). The van der Waals surface area contributed by atoms with E-state index in [-0.39, 0.29) is 5.56 Å². The molecule has 1 N–H and O–H groups in total. The minimum absolute atomic E-state index is 0.156. The average molecular weight is 324 g/mol. The number of hydrogen-bond donors (Lipinski definition) is 1. The molecule has 0 fully saturated rings. The highest BCUT2D eigenvalue weighted by atomic mass is 16.1. The van der Waals surface area contributed by atoms with Gasteiger partial charge in [-0.15, -0.1) is 0 Å². The van der Waals surface area contributed by atoms with E-state index >= 15 is 0 Å². The Bertz CT molecular complexity index is 1040. The molecule has 0 saturated heterocycles. The van der Waals surface area contributed by atoms with Crippen LogP contribution in [0.5, 0.6) is 0 Å². The number of hydrogen-bond acceptors (Lipinski definition) is 2. The van der Waals surface area contributed by atoms with Gasteiger partial charge in [-0.1, -0.05) is 84.9 Å². The summed E-state index contributed by atoms with van der Waals surface area (Å²) in [4.78, 5) is 19.5. The topological polar surface area (TPSA) is 45.8 Å². The third-order valence-corrected chi connectivity index (χ3v) is 4.08. The predicted molar refractivity (Wildman–Crippen MR) is 101 cm³/mol. The van der Waals surface area contributed by atoms with Crippen molar-refractivity contribution in [3.63, 3.8) is 0 Å². The Labute approximate surface area is 145 Å². The second kappa shape index (κ2) is 6.57. The Balaban J connectivity index is 1.73. The summed E-state index contributed by atoms with van der Waals surface area (Å²) in [6.45, 7) is 0. The van der Waals surface area contributed by atoms with Gasteiger partial charge in [-0.25, -0.2) is 4.98 Å². The van der Waals surface area contributed by atoms with Crippen LogP contribution in [0.15, 0.2) is 95.8 Å². The van der Waals surface area contributed by atoms with Crippen molar-refractivity contribution in [1.82, 2.24) is 9.97 Å². The molecular formula is C22H16N2O. The molecule has 3 nitrogen and oxygen atoms in total. The predicted octanol–water partition coefficient (Wildman–Crippen LogP) is 4.77. The van der Waals surface area contributed by atoms with Gasteiger partial charge < -0.3 is 4.98 Å². The van der Waals surface area contributed by atoms with E-state index in [2.05, 4.69) is 34.2 Å². The largest absolute Gasteiger partial charge is 0.306 e. The number of H-pyrrole nitrogens is 1. The van der Waals surface area contributed by atoms with Gasteiger partial charge >= 0.3 is 0 Å². The van der Waals surface area contributed by atoms with E-state index in [1.807, 2.05) is 60.7 Å². The second-order valence-corrected chi connectivity index (χ2v) is 5.79. The molecule has 3 heteroatoms. The van der Waals surface area contributed by atoms with Crippen molar-refractivity contribution in [1.29, 1.82) is 0 Å². The molecule has 0 unspecified atom stereocenters. The lowest BCUT2D eigenvalue weighted by Crippen LogP contribution is -2.08. The molecule has 25 heavy (non-hydrogen) atoms. The fourth-order valence-electron chi connectivity index (χ4n) is 2.80. The van der Waals surface area contributed by atoms with Crippen LogP contribution in [0.3, 0.4) is 0 Å². The maximum absolute atomic E-state index is 12.1. The van der Waals surface area contributed by atoms with Crippen molar-refractivity contribution in [3.8, 4) is 33.8 Å². The molecule has 4 aromatic rings. The Morgan fingerprint density at radius 2 is 1.12 bits per heavy atom. The normalized spacial score (nSPS) is 10.6. The molecule has 1 heterocycles. The van der Waals surface area contributed by atoms with Crippen LogP contribution in [0, 0.1) is 0 Å². The molecule has 0 aliphatic rings. The highest BCUT2D eigenvalue weighted by Gasteiger charge is 2.06. The van der Waals surface area contributed by atoms with Crippen LogP contribution in [-0.2, 0) is 0 Å². The van der Waals surface area contributed by atoms with Gasteiger partial charge in [-0.3, -0.25) is 4.79 Å². The average Bonchev–Trinajstić information content (AvgIpc) is 2.69. The third-order valence-electron chi connectivity index (χ3n) is 4.08. The fraction of sp³-hybridized carbons (Fsp3) is 0. The molecule has 0 saturated carbocycles. The molecule has 0 aliphatic heterocycles. The molecule has 0 bridgehead atoms. The van der Waals surface area contributed by atoms with E-state index in [0.29, 0.717) is 11.5 Å². The minimum Gasteiger partial charge on any atom is -0.306 e. The minimum atomic E-state index is -0.156. The van der Waals surface area contributed by atoms with Gasteiger partial charge in [0.15, 0.2) is 0 Å². The maximum Gasteiger partial charge on any atom is 0.251 e. The number of nitrogens with zero attached hydrogens (tertiary/aromatic N) is 1. The van der Waals surface area contributed by atoms with E-state index in [4.69, 9.17) is 0 Å². The monoisotopic (exact) mass is 324 g/mol. The lowest BCUT2D eigenvalue weighted by Gasteiger charge is -2.06. The van der Waals surface area contributed by atoms with E-state index in [1.54, 1.807) is 0 Å². The van der Waals surface area contributed by atoms with E-state index in [9.17, 15) is 4.79 Å². The summed E-state index contributed by atoms with van der Waals surface area (Å²) >= 11 is 0. The van der Waals surface area contributed by atoms with Gasteiger partial charge in [0.2, 0.25) is 0 Å². The summed E-state index contributed by atoms with van der Waals surface area (Å²) in [5.74, 6) is 0.579. The molecule has 0 amide bonds. The molecule has 120 valence electrons. The van der Waals surface area contributed by atoms with Gasteiger partial charge in [0.05, 0.1) is 5.69 Å². The first-order valence-corrected chi connectivity index (χ1v) is 8.12. The third kappa shape index (κ3) is 3.26. The summed E-state index contributed by atoms with van der Waals surface area (Å²) in [5.41, 5.74) is 4.62. The lowest BCUT2D eigenvalue weighted by atomic mass is 10.0. The van der Waals surface area contributed by atoms with Crippen LogP contribution in [0.25, 0.3) is 33.8 Å². The number of benzene rings is 3. The number of aromatic nitrogens is 2. The Morgan fingerprint density at radius 3 is 1.76 bits per heavy atom. The first kappa shape index (κ1) is 15.1. The maximum atomic E-state index is 12.1. The number of nitrogens with one attached hydrogen (secondary N) is 1. The van der Waals surface area contributed by atoms with Crippen molar-refractivity contribution in [2.75, 3.05) is 0 Å². The van der Waals surface area contributed by atoms with Crippen molar-refractivity contribution >= 4 is 0 Å². The zero-order valence-corrected chi connectivity index (χ0v) is 13.5. The first-order chi connectivity index (χ1) is 12.3. The second-order valence-electron chi connectivity index (χ2n) is 5.79. The summed E-state index contributed by atoms with van der Waals surface area (Å²) < 4.78 is 0. The Hall–Kier alpha value is -3.46. The fourth-order valence-corrected chi connectivity index (χ4v) is 2.80. The van der Waals surface area contributed by atoms with Crippen LogP contribution in [0.4, 0.5) is 0 Å². The highest BCUT2D eigenvalue weighted by molar-refractivity contribution is 5.69. The smallest absolute Gasteiger partial charge is 0.251 e. The standard InChI is InChI=1S/C22H16N2O/c25-21-15-20(23-22(24-21)19-9-5-2-6-10-19)18-13-11-17(12-14-18)16-7-3-1-4-8-16/h1-15H,(H,23,24,25). The van der Waals surface area contributed by atoms with Gasteiger partial charge in [0.25, 0.3) is 5.56 Å². The van der Waals surface area contributed by atoms with Crippen molar-refractivity contribution in [2.24, 2.45) is 0 Å². The van der Waals surface area contributed by atoms with Crippen LogP contribution in [-0.4, -0.2) is 9.97 Å². The van der Waals surface area contributed by atoms with Crippen LogP contribution < -0.4 is 5.56 Å². The molecule has 0 aliphatic carbocycles. The van der Waals surface area contributed by atoms with Crippen molar-refractivity contribution < 1.29 is 0 Å². The van der Waals surface area contributed by atoms with Crippen LogP contribution >= 0.6 is 0 Å². The Morgan fingerprint density at radius 1 is 0.600 bits per heavy atom. The van der Waals surface area contributed by atoms with Crippen LogP contribution in [0.1, 0.15) is 0 Å². The molecule has 1 aromatic heterocycles. The molecule has 0 spiro atoms. The molecule has 0 radical (unpaired) electrons. The number of rotatable bonds is 3. The zero-order chi connectivity index (χ0) is 17.1. The summed E-state index contributed by atoms with van der Waals surface area (Å²) in [5, 5.41) is 0. The van der Waals surface area contributed by atoms with Gasteiger partial charge in [0, 0.05) is 17.2 Å². The Kier molecular flexibility index (Phi) is 3.97. The first-order valence-electron chi connectivity index (χ1n) is 8.12. The van der Waals surface area contributed by atoms with Gasteiger partial charge in [0.1, 0.15) is 5.82 Å². The van der Waals surface area contributed by atoms with E-state index in [1.165, 1.54) is 6.07 Å². The van der Waals surface area contributed by atoms with E-state index < -0.39 is 0 Å². The number of aromatic amines is 1. The summed E-state index contributed by atoms with van der Waals surface area (Å²) in [7, 11) is 0. The van der Waals surface area contributed by atoms with E-state index in [0.717, 1.165) is 22.3 Å². The van der Waals surface area contributed by atoms with Crippen molar-refractivity contribution in [2.45, 2.75) is 0 Å². The summed E-state index contributed by atoms with van der Waals surface area (Å²) in [6, 6.07) is 29.5. The van der Waals surface area contributed by atoms with Crippen LogP contribution in [0.2, 0.25) is 0 Å². The SMILES string of the molecule is O=c1cc(-c2ccc(-c3ccccc3)cc2)nc(-c2ccccc2)[nH]1. The molecular weight excluding hydrogens is 308 g/mol. The lowest BCUT2D eigenvalue weighted by molar-refractivity contribution is 1.13. The molecule has 0 atom stereocenters.